The van der Waals surface area contributed by atoms with Crippen LogP contribution in [0.3, 0.4) is 0 Å². The molecule has 0 radical (unpaired) electrons. The maximum atomic E-state index is 12.5. The summed E-state index contributed by atoms with van der Waals surface area (Å²) in [6.45, 7) is 4.94. The number of esters is 1. The van der Waals surface area contributed by atoms with Crippen LogP contribution in [0.25, 0.3) is 0 Å². The summed E-state index contributed by atoms with van der Waals surface area (Å²) in [6, 6.07) is -0.624. The summed E-state index contributed by atoms with van der Waals surface area (Å²) < 4.78 is 5.50. The van der Waals surface area contributed by atoms with Crippen LogP contribution in [0.2, 0.25) is 0 Å². The Morgan fingerprint density at radius 1 is 0.333 bits per heavy atom. The molecule has 0 aromatic heterocycles. The Hall–Kier alpha value is -1.66. The normalized spacial score (nSPS) is 12.6. The Balaban J connectivity index is 3.33. The van der Waals surface area contributed by atoms with Crippen LogP contribution >= 0.6 is 0 Å². The number of unbranched alkanes of at least 4 members (excludes halogenated alkanes) is 57. The van der Waals surface area contributed by atoms with Crippen molar-refractivity contribution in [2.75, 3.05) is 13.2 Å². The van der Waals surface area contributed by atoms with Crippen LogP contribution in [-0.2, 0) is 14.3 Å². The topological polar surface area (TPSA) is 95.9 Å². The minimum absolute atomic E-state index is 0.0137. The highest BCUT2D eigenvalue weighted by molar-refractivity contribution is 5.76. The first-order chi connectivity index (χ1) is 40.0. The molecular weight excluding hydrogens is 995 g/mol. The fourth-order valence-corrected chi connectivity index (χ4v) is 11.8. The predicted molar refractivity (Wildman–Crippen MR) is 356 cm³/mol. The second-order valence-electron chi connectivity index (χ2n) is 25.6. The average molecular weight is 1140 g/mol. The van der Waals surface area contributed by atoms with Gasteiger partial charge in [0.1, 0.15) is 0 Å². The fourth-order valence-electron chi connectivity index (χ4n) is 11.8. The average Bonchev–Trinajstić information content (AvgIpc) is 3.47. The molecule has 6 heteroatoms. The molecule has 6 nitrogen and oxygen atoms in total. The highest BCUT2D eigenvalue weighted by Crippen LogP contribution is 2.19. The molecule has 2 atom stereocenters. The third-order valence-electron chi connectivity index (χ3n) is 17.5. The van der Waals surface area contributed by atoms with Crippen molar-refractivity contribution >= 4 is 11.9 Å². The van der Waals surface area contributed by atoms with Gasteiger partial charge in [0.15, 0.2) is 0 Å². The second-order valence-corrected chi connectivity index (χ2v) is 25.6. The van der Waals surface area contributed by atoms with Crippen LogP contribution in [0, 0.1) is 0 Å². The lowest BCUT2D eigenvalue weighted by Crippen LogP contribution is -2.45. The van der Waals surface area contributed by atoms with Gasteiger partial charge in [-0.05, 0) is 57.8 Å². The van der Waals surface area contributed by atoms with Crippen LogP contribution in [0.15, 0.2) is 24.3 Å². The molecule has 0 aromatic carbocycles. The number of carbonyl (C=O) groups is 2. The lowest BCUT2D eigenvalue weighted by atomic mass is 10.0. The van der Waals surface area contributed by atoms with Gasteiger partial charge < -0.3 is 20.3 Å². The quantitative estimate of drug-likeness (QED) is 0.0320. The first-order valence-corrected chi connectivity index (χ1v) is 37.1. The first kappa shape index (κ1) is 79.3. The SMILES string of the molecule is CCCCCCCC/C=C\CCCCCCCC(=O)OCCCCCCCCCCCCCCCCCCCCCCCCCCCCCCCCCCC(=O)NC(CO)C(O)/C=C/CCCCCCCCCCCCCCCCC. The van der Waals surface area contributed by atoms with E-state index in [1.54, 1.807) is 6.08 Å². The molecule has 3 N–H and O–H groups in total. The van der Waals surface area contributed by atoms with Crippen LogP contribution in [0.5, 0.6) is 0 Å². The summed E-state index contributed by atoms with van der Waals surface area (Å²) in [4.78, 5) is 24.6. The molecule has 0 aliphatic carbocycles. The maximum Gasteiger partial charge on any atom is 0.305 e. The highest BCUT2D eigenvalue weighted by Gasteiger charge is 2.18. The van der Waals surface area contributed by atoms with Crippen molar-refractivity contribution in [1.29, 1.82) is 0 Å². The van der Waals surface area contributed by atoms with Gasteiger partial charge in [-0.2, -0.15) is 0 Å². The van der Waals surface area contributed by atoms with Crippen molar-refractivity contribution in [2.45, 2.75) is 431 Å². The molecule has 81 heavy (non-hydrogen) atoms. The van der Waals surface area contributed by atoms with Crippen molar-refractivity contribution in [2.24, 2.45) is 0 Å². The van der Waals surface area contributed by atoms with Gasteiger partial charge in [-0.1, -0.05) is 372 Å². The summed E-state index contributed by atoms with van der Waals surface area (Å²) in [5, 5.41) is 23.2. The number of hydrogen-bond donors (Lipinski definition) is 3. The summed E-state index contributed by atoms with van der Waals surface area (Å²) in [7, 11) is 0. The largest absolute Gasteiger partial charge is 0.466 e. The lowest BCUT2D eigenvalue weighted by Gasteiger charge is -2.20. The molecular formula is C75H145NO5. The first-order valence-electron chi connectivity index (χ1n) is 37.1. The van der Waals surface area contributed by atoms with Gasteiger partial charge in [0.25, 0.3) is 0 Å². The second kappa shape index (κ2) is 70.8. The predicted octanol–water partition coefficient (Wildman–Crippen LogP) is 24.1. The molecule has 0 rings (SSSR count). The number of carbonyl (C=O) groups excluding carboxylic acids is 2. The maximum absolute atomic E-state index is 12.5. The number of rotatable bonds is 70. The molecule has 1 amide bonds. The number of ether oxygens (including phenoxy) is 1. The zero-order chi connectivity index (χ0) is 58.5. The van der Waals surface area contributed by atoms with E-state index in [4.69, 9.17) is 4.74 Å². The van der Waals surface area contributed by atoms with Gasteiger partial charge in [0, 0.05) is 12.8 Å². The summed E-state index contributed by atoms with van der Waals surface area (Å²) in [6.07, 6.45) is 89.9. The van der Waals surface area contributed by atoms with E-state index in [0.29, 0.717) is 19.4 Å². The van der Waals surface area contributed by atoms with E-state index in [1.165, 1.54) is 347 Å². The molecule has 0 bridgehead atoms. The molecule has 0 aliphatic rings. The van der Waals surface area contributed by atoms with Gasteiger partial charge in [-0.25, -0.2) is 0 Å². The van der Waals surface area contributed by atoms with Gasteiger partial charge in [0.2, 0.25) is 5.91 Å². The summed E-state index contributed by atoms with van der Waals surface area (Å²) in [5.41, 5.74) is 0. The Kier molecular flexibility index (Phi) is 69.4. The Bertz CT molecular complexity index is 1270. The van der Waals surface area contributed by atoms with Gasteiger partial charge in [-0.3, -0.25) is 9.59 Å². The van der Waals surface area contributed by atoms with E-state index >= 15 is 0 Å². The van der Waals surface area contributed by atoms with Gasteiger partial charge in [-0.15, -0.1) is 0 Å². The Labute approximate surface area is 507 Å². The molecule has 0 fully saturated rings. The molecule has 0 spiro atoms. The van der Waals surface area contributed by atoms with Gasteiger partial charge in [0.05, 0.1) is 25.4 Å². The molecule has 0 aromatic rings. The number of aliphatic hydroxyl groups is 2. The number of hydrogen-bond acceptors (Lipinski definition) is 5. The number of allylic oxidation sites excluding steroid dienone is 3. The van der Waals surface area contributed by atoms with Crippen molar-refractivity contribution in [3.63, 3.8) is 0 Å². The zero-order valence-corrected chi connectivity index (χ0v) is 55.0. The molecule has 2 unspecified atom stereocenters. The highest BCUT2D eigenvalue weighted by atomic mass is 16.5. The van der Waals surface area contributed by atoms with E-state index in [-0.39, 0.29) is 18.5 Å². The molecule has 0 heterocycles. The lowest BCUT2D eigenvalue weighted by molar-refractivity contribution is -0.143. The van der Waals surface area contributed by atoms with E-state index in [0.717, 1.165) is 44.9 Å². The third-order valence-corrected chi connectivity index (χ3v) is 17.5. The Morgan fingerprint density at radius 3 is 0.877 bits per heavy atom. The van der Waals surface area contributed by atoms with Crippen molar-refractivity contribution in [3.8, 4) is 0 Å². The molecule has 0 saturated carbocycles. The van der Waals surface area contributed by atoms with Crippen LogP contribution < -0.4 is 5.32 Å². The van der Waals surface area contributed by atoms with Crippen LogP contribution in [0.1, 0.15) is 418 Å². The van der Waals surface area contributed by atoms with Crippen molar-refractivity contribution < 1.29 is 24.5 Å². The minimum atomic E-state index is -0.841. The van der Waals surface area contributed by atoms with Gasteiger partial charge >= 0.3 is 5.97 Å². The molecule has 0 aliphatic heterocycles. The van der Waals surface area contributed by atoms with E-state index in [2.05, 4.69) is 31.3 Å². The standard InChI is InChI=1S/C75H145NO5/c1-3-5-7-9-11-13-15-17-19-36-40-43-47-51-55-59-63-67-73(78)72(71-77)76-74(79)68-64-60-56-52-48-44-41-37-34-32-30-28-26-24-22-20-21-23-25-27-29-31-33-35-38-42-46-50-54-58-62-66-70-81-75(80)69-65-61-57-53-49-45-39-18-16-14-12-10-8-6-4-2/h18,39,63,67,72-73,77-78H,3-17,19-38,40-62,64-66,68-71H2,1-2H3,(H,76,79)/b39-18-,67-63+. The number of nitrogens with one attached hydrogen (secondary N) is 1. The van der Waals surface area contributed by atoms with Crippen LogP contribution in [0.4, 0.5) is 0 Å². The Morgan fingerprint density at radius 2 is 0.580 bits per heavy atom. The smallest absolute Gasteiger partial charge is 0.305 e. The van der Waals surface area contributed by atoms with E-state index in [9.17, 15) is 19.8 Å². The fraction of sp³-hybridized carbons (Fsp3) is 0.920. The third kappa shape index (κ3) is 67.3. The number of amides is 1. The monoisotopic (exact) mass is 1140 g/mol. The van der Waals surface area contributed by atoms with E-state index < -0.39 is 12.1 Å². The van der Waals surface area contributed by atoms with Crippen LogP contribution in [-0.4, -0.2) is 47.4 Å². The van der Waals surface area contributed by atoms with Crippen molar-refractivity contribution in [1.82, 2.24) is 5.32 Å². The minimum Gasteiger partial charge on any atom is -0.466 e. The molecule has 0 saturated heterocycles. The van der Waals surface area contributed by atoms with E-state index in [1.807, 2.05) is 6.08 Å². The number of aliphatic hydroxyl groups excluding tert-OH is 2. The summed E-state index contributed by atoms with van der Waals surface area (Å²) in [5.74, 6) is -0.0463. The summed E-state index contributed by atoms with van der Waals surface area (Å²) >= 11 is 0. The molecule has 480 valence electrons. The van der Waals surface area contributed by atoms with Crippen molar-refractivity contribution in [3.05, 3.63) is 24.3 Å². The zero-order valence-electron chi connectivity index (χ0n) is 55.0.